The maximum Gasteiger partial charge on any atom is 0.262 e. The van der Waals surface area contributed by atoms with Crippen LogP contribution in [-0.2, 0) is 14.3 Å². The number of ether oxygens (including phenoxy) is 2. The lowest BCUT2D eigenvalue weighted by molar-refractivity contribution is -0.134. The Balaban J connectivity index is 1.70. The molecule has 2 fully saturated rings. The number of nitrogens with zero attached hydrogens (tertiary/aromatic N) is 1. The van der Waals surface area contributed by atoms with Crippen LogP contribution in [0.5, 0.6) is 0 Å². The molecule has 0 bridgehead atoms. The number of nitrogens with one attached hydrogen (secondary N) is 1. The highest BCUT2D eigenvalue weighted by atomic mass is 19.3. The van der Waals surface area contributed by atoms with Gasteiger partial charge in [-0.05, 0) is 12.8 Å². The van der Waals surface area contributed by atoms with Crippen molar-refractivity contribution < 1.29 is 23.0 Å². The Kier molecular flexibility index (Phi) is 5.29. The summed E-state index contributed by atoms with van der Waals surface area (Å²) in [6.45, 7) is 4.11. The topological polar surface area (TPSA) is 50.8 Å². The monoisotopic (exact) mass is 292 g/mol. The van der Waals surface area contributed by atoms with Crippen LogP contribution >= 0.6 is 0 Å². The molecule has 0 saturated carbocycles. The van der Waals surface area contributed by atoms with Crippen molar-refractivity contribution in [2.75, 3.05) is 39.4 Å². The van der Waals surface area contributed by atoms with E-state index in [1.165, 1.54) is 0 Å². The van der Waals surface area contributed by atoms with E-state index in [4.69, 9.17) is 9.47 Å². The van der Waals surface area contributed by atoms with Crippen LogP contribution in [0.1, 0.15) is 19.8 Å². The van der Waals surface area contributed by atoms with Gasteiger partial charge in [0.2, 0.25) is 5.91 Å². The van der Waals surface area contributed by atoms with Gasteiger partial charge in [0.15, 0.2) is 0 Å². The third kappa shape index (κ3) is 4.96. The first-order valence-corrected chi connectivity index (χ1v) is 7.05. The van der Waals surface area contributed by atoms with Gasteiger partial charge >= 0.3 is 0 Å². The van der Waals surface area contributed by atoms with E-state index in [-0.39, 0.29) is 6.10 Å². The normalized spacial score (nSPS) is 28.6. The summed E-state index contributed by atoms with van der Waals surface area (Å²) in [6.07, 6.45) is 0.794. The SMILES string of the molecule is CC(F)(F)CNC(=O)[C@@H]1CC[C@H](CN2CCOCC2)O1. The first-order valence-electron chi connectivity index (χ1n) is 7.05. The number of alkyl halides is 2. The van der Waals surface area contributed by atoms with Crippen molar-refractivity contribution in [2.24, 2.45) is 0 Å². The van der Waals surface area contributed by atoms with Crippen molar-refractivity contribution in [1.82, 2.24) is 10.2 Å². The van der Waals surface area contributed by atoms with Gasteiger partial charge < -0.3 is 14.8 Å². The summed E-state index contributed by atoms with van der Waals surface area (Å²) < 4.78 is 36.3. The largest absolute Gasteiger partial charge is 0.379 e. The molecule has 5 nitrogen and oxygen atoms in total. The number of amides is 1. The molecule has 2 rings (SSSR count). The third-order valence-corrected chi connectivity index (χ3v) is 3.54. The van der Waals surface area contributed by atoms with E-state index in [1.807, 2.05) is 0 Å². The molecule has 1 amide bonds. The molecule has 2 aliphatic rings. The molecule has 2 saturated heterocycles. The minimum Gasteiger partial charge on any atom is -0.379 e. The van der Waals surface area contributed by atoms with Crippen LogP contribution in [0.3, 0.4) is 0 Å². The first kappa shape index (κ1) is 15.6. The maximum atomic E-state index is 12.7. The Labute approximate surface area is 117 Å². The Hall–Kier alpha value is -0.790. The number of carbonyl (C=O) groups is 1. The van der Waals surface area contributed by atoms with Crippen molar-refractivity contribution in [1.29, 1.82) is 0 Å². The maximum absolute atomic E-state index is 12.7. The van der Waals surface area contributed by atoms with E-state index in [0.717, 1.165) is 46.2 Å². The van der Waals surface area contributed by atoms with E-state index in [9.17, 15) is 13.6 Å². The summed E-state index contributed by atoms with van der Waals surface area (Å²) in [6, 6.07) is 0. The standard InChI is InChI=1S/C13H22F2N2O3/c1-13(14,15)9-16-12(18)11-3-2-10(20-11)8-17-4-6-19-7-5-17/h10-11H,2-9H2,1H3,(H,16,18)/t10-,11+/m1/s1. The number of morpholine rings is 1. The molecule has 2 atom stereocenters. The van der Waals surface area contributed by atoms with Gasteiger partial charge in [0.05, 0.1) is 25.9 Å². The Bertz CT molecular complexity index is 330. The lowest BCUT2D eigenvalue weighted by Gasteiger charge is -2.28. The van der Waals surface area contributed by atoms with Crippen LogP contribution in [0.15, 0.2) is 0 Å². The summed E-state index contributed by atoms with van der Waals surface area (Å²) in [5.41, 5.74) is 0. The van der Waals surface area contributed by atoms with Crippen molar-refractivity contribution in [2.45, 2.75) is 37.9 Å². The Morgan fingerprint density at radius 3 is 2.70 bits per heavy atom. The van der Waals surface area contributed by atoms with Gasteiger partial charge in [-0.1, -0.05) is 0 Å². The average Bonchev–Trinajstić information content (AvgIpc) is 2.85. The van der Waals surface area contributed by atoms with Crippen molar-refractivity contribution in [3.63, 3.8) is 0 Å². The average molecular weight is 292 g/mol. The van der Waals surface area contributed by atoms with Crippen LogP contribution < -0.4 is 5.32 Å². The zero-order chi connectivity index (χ0) is 14.6. The van der Waals surface area contributed by atoms with Crippen LogP contribution in [0, 0.1) is 0 Å². The van der Waals surface area contributed by atoms with Gasteiger partial charge in [0.25, 0.3) is 5.92 Å². The van der Waals surface area contributed by atoms with E-state index in [1.54, 1.807) is 0 Å². The van der Waals surface area contributed by atoms with Gasteiger partial charge in [-0.25, -0.2) is 8.78 Å². The highest BCUT2D eigenvalue weighted by Gasteiger charge is 2.33. The van der Waals surface area contributed by atoms with E-state index < -0.39 is 24.5 Å². The number of hydrogen-bond acceptors (Lipinski definition) is 4. The fraction of sp³-hybridized carbons (Fsp3) is 0.923. The molecule has 0 aliphatic carbocycles. The van der Waals surface area contributed by atoms with Crippen LogP contribution in [0.4, 0.5) is 8.78 Å². The molecule has 0 aromatic heterocycles. The van der Waals surface area contributed by atoms with Crippen molar-refractivity contribution in [3.05, 3.63) is 0 Å². The molecule has 116 valence electrons. The summed E-state index contributed by atoms with van der Waals surface area (Å²) >= 11 is 0. The molecule has 2 aliphatic heterocycles. The van der Waals surface area contributed by atoms with Crippen LogP contribution in [-0.4, -0.2) is 68.3 Å². The predicted octanol–water partition coefficient (Wildman–Crippen LogP) is 0.638. The smallest absolute Gasteiger partial charge is 0.262 e. The van der Waals surface area contributed by atoms with Crippen molar-refractivity contribution >= 4 is 5.91 Å². The number of halogens is 2. The van der Waals surface area contributed by atoms with Gasteiger partial charge in [-0.2, -0.15) is 0 Å². The Morgan fingerprint density at radius 1 is 1.35 bits per heavy atom. The lowest BCUT2D eigenvalue weighted by Crippen LogP contribution is -2.43. The quantitative estimate of drug-likeness (QED) is 0.808. The van der Waals surface area contributed by atoms with Gasteiger partial charge in [-0.3, -0.25) is 9.69 Å². The van der Waals surface area contributed by atoms with Gasteiger partial charge in [0, 0.05) is 26.6 Å². The second-order valence-electron chi connectivity index (χ2n) is 5.53. The molecule has 0 aromatic rings. The fourth-order valence-electron chi connectivity index (χ4n) is 2.46. The molecule has 0 aromatic carbocycles. The minimum absolute atomic E-state index is 0.00554. The van der Waals surface area contributed by atoms with Crippen molar-refractivity contribution in [3.8, 4) is 0 Å². The molecular formula is C13H22F2N2O3. The summed E-state index contributed by atoms with van der Waals surface area (Å²) in [4.78, 5) is 14.0. The number of rotatable bonds is 5. The summed E-state index contributed by atoms with van der Waals surface area (Å²) in [5, 5.41) is 2.24. The van der Waals surface area contributed by atoms with E-state index in [0.29, 0.717) is 6.42 Å². The van der Waals surface area contributed by atoms with E-state index in [2.05, 4.69) is 10.2 Å². The molecule has 1 N–H and O–H groups in total. The number of hydrogen-bond donors (Lipinski definition) is 1. The first-order chi connectivity index (χ1) is 9.44. The lowest BCUT2D eigenvalue weighted by atomic mass is 10.1. The highest BCUT2D eigenvalue weighted by molar-refractivity contribution is 5.81. The van der Waals surface area contributed by atoms with Crippen LogP contribution in [0.2, 0.25) is 0 Å². The van der Waals surface area contributed by atoms with Gasteiger partial charge in [-0.15, -0.1) is 0 Å². The predicted molar refractivity (Wildman–Crippen MR) is 68.8 cm³/mol. The second-order valence-corrected chi connectivity index (χ2v) is 5.53. The fourth-order valence-corrected chi connectivity index (χ4v) is 2.46. The molecule has 7 heteroatoms. The number of carbonyl (C=O) groups excluding carboxylic acids is 1. The Morgan fingerprint density at radius 2 is 2.05 bits per heavy atom. The van der Waals surface area contributed by atoms with Gasteiger partial charge in [0.1, 0.15) is 6.10 Å². The zero-order valence-electron chi connectivity index (χ0n) is 11.7. The molecule has 2 heterocycles. The molecule has 0 unspecified atom stereocenters. The van der Waals surface area contributed by atoms with E-state index >= 15 is 0 Å². The minimum atomic E-state index is -2.89. The second kappa shape index (κ2) is 6.78. The molecule has 0 spiro atoms. The highest BCUT2D eigenvalue weighted by Crippen LogP contribution is 2.21. The molecular weight excluding hydrogens is 270 g/mol. The molecule has 0 radical (unpaired) electrons. The third-order valence-electron chi connectivity index (χ3n) is 3.54. The summed E-state index contributed by atoms with van der Waals surface area (Å²) in [7, 11) is 0. The van der Waals surface area contributed by atoms with Crippen LogP contribution in [0.25, 0.3) is 0 Å². The molecule has 20 heavy (non-hydrogen) atoms. The zero-order valence-corrected chi connectivity index (χ0v) is 11.7. The summed E-state index contributed by atoms with van der Waals surface area (Å²) in [5.74, 6) is -3.32.